The summed E-state index contributed by atoms with van der Waals surface area (Å²) in [5.74, 6) is 2.62. The van der Waals surface area contributed by atoms with Crippen LogP contribution in [0.1, 0.15) is 37.3 Å². The highest BCUT2D eigenvalue weighted by atomic mass is 16.5. The Morgan fingerprint density at radius 2 is 1.73 bits per heavy atom. The maximum absolute atomic E-state index is 5.31. The van der Waals surface area contributed by atoms with Crippen molar-refractivity contribution in [2.45, 2.75) is 37.8 Å². The third-order valence-electron chi connectivity index (χ3n) is 6.22. The molecule has 4 rings (SSSR count). The predicted octanol–water partition coefficient (Wildman–Crippen LogP) is 3.17. The van der Waals surface area contributed by atoms with Gasteiger partial charge in [0.25, 0.3) is 0 Å². The van der Waals surface area contributed by atoms with Gasteiger partial charge in [-0.25, -0.2) is 0 Å². The molecule has 0 bridgehead atoms. The first kappa shape index (κ1) is 14.5. The zero-order valence-corrected chi connectivity index (χ0v) is 13.9. The van der Waals surface area contributed by atoms with Crippen LogP contribution >= 0.6 is 0 Å². The Hall–Kier alpha value is -1.06. The van der Waals surface area contributed by atoms with Crippen LogP contribution in [0.4, 0.5) is 0 Å². The van der Waals surface area contributed by atoms with Crippen LogP contribution in [0, 0.1) is 11.8 Å². The number of fused-ring (bicyclic) bond motifs is 1. The van der Waals surface area contributed by atoms with Crippen LogP contribution in [0.3, 0.4) is 0 Å². The summed E-state index contributed by atoms with van der Waals surface area (Å²) in [7, 11) is 4.04. The molecule has 3 nitrogen and oxygen atoms in total. The molecule has 22 heavy (non-hydrogen) atoms. The summed E-state index contributed by atoms with van der Waals surface area (Å²) in [5, 5.41) is 0. The molecule has 0 unspecified atom stereocenters. The third-order valence-corrected chi connectivity index (χ3v) is 6.22. The molecule has 0 N–H and O–H groups in total. The molecule has 0 radical (unpaired) electrons. The lowest BCUT2D eigenvalue weighted by Crippen LogP contribution is -2.35. The molecule has 3 heteroatoms. The third kappa shape index (κ3) is 2.44. The molecule has 2 aliphatic heterocycles. The lowest BCUT2D eigenvalue weighted by molar-refractivity contribution is 0.189. The minimum atomic E-state index is 0.585. The summed E-state index contributed by atoms with van der Waals surface area (Å²) in [4.78, 5) is 5.38. The monoisotopic (exact) mass is 300 g/mol. The van der Waals surface area contributed by atoms with Gasteiger partial charge in [-0.3, -0.25) is 9.80 Å². The quantitative estimate of drug-likeness (QED) is 0.853. The fraction of sp³-hybridized carbons (Fsp3) is 0.684. The Labute approximate surface area is 134 Å². The summed E-state index contributed by atoms with van der Waals surface area (Å²) in [5.41, 5.74) is 1.46. The van der Waals surface area contributed by atoms with Gasteiger partial charge in [0.1, 0.15) is 5.75 Å². The molecule has 2 heterocycles. The van der Waals surface area contributed by atoms with E-state index in [-0.39, 0.29) is 0 Å². The van der Waals surface area contributed by atoms with E-state index in [2.05, 4.69) is 41.1 Å². The lowest BCUT2D eigenvalue weighted by Gasteiger charge is -2.29. The van der Waals surface area contributed by atoms with Gasteiger partial charge in [0.15, 0.2) is 0 Å². The van der Waals surface area contributed by atoms with Crippen LogP contribution in [0.25, 0.3) is 0 Å². The second kappa shape index (κ2) is 5.86. The molecule has 1 aromatic carbocycles. The normalized spacial score (nSPS) is 33.5. The highest BCUT2D eigenvalue weighted by Crippen LogP contribution is 2.45. The Morgan fingerprint density at radius 1 is 1.00 bits per heavy atom. The summed E-state index contributed by atoms with van der Waals surface area (Å²) in [6, 6.07) is 10.2. The van der Waals surface area contributed by atoms with Crippen molar-refractivity contribution in [3.63, 3.8) is 0 Å². The number of hydrogen-bond donors (Lipinski definition) is 0. The van der Waals surface area contributed by atoms with Crippen molar-refractivity contribution in [1.82, 2.24) is 9.80 Å². The van der Waals surface area contributed by atoms with Crippen LogP contribution in [0.15, 0.2) is 24.3 Å². The van der Waals surface area contributed by atoms with E-state index in [1.165, 1.54) is 50.9 Å². The number of benzene rings is 1. The molecule has 0 spiro atoms. The van der Waals surface area contributed by atoms with E-state index in [1.54, 1.807) is 7.11 Å². The minimum Gasteiger partial charge on any atom is -0.497 e. The minimum absolute atomic E-state index is 0.585. The molecule has 3 aliphatic rings. The van der Waals surface area contributed by atoms with E-state index in [4.69, 9.17) is 4.74 Å². The Bertz CT molecular complexity index is 509. The number of nitrogens with zero attached hydrogens (tertiary/aromatic N) is 2. The van der Waals surface area contributed by atoms with E-state index in [1.807, 2.05) is 0 Å². The van der Waals surface area contributed by atoms with Crippen molar-refractivity contribution in [2.75, 3.05) is 33.8 Å². The first-order chi connectivity index (χ1) is 10.8. The van der Waals surface area contributed by atoms with Gasteiger partial charge >= 0.3 is 0 Å². The molecule has 1 saturated carbocycles. The van der Waals surface area contributed by atoms with Crippen molar-refractivity contribution in [2.24, 2.45) is 11.8 Å². The molecule has 3 fully saturated rings. The van der Waals surface area contributed by atoms with Gasteiger partial charge in [0, 0.05) is 31.7 Å². The average molecular weight is 300 g/mol. The van der Waals surface area contributed by atoms with E-state index >= 15 is 0 Å². The molecular formula is C19H28N2O. The van der Waals surface area contributed by atoms with Crippen LogP contribution < -0.4 is 4.74 Å². The zero-order valence-electron chi connectivity index (χ0n) is 13.9. The summed E-state index contributed by atoms with van der Waals surface area (Å²) in [6.07, 6.45) is 5.75. The zero-order chi connectivity index (χ0) is 15.1. The van der Waals surface area contributed by atoms with Gasteiger partial charge in [0.05, 0.1) is 7.11 Å². The van der Waals surface area contributed by atoms with E-state index in [9.17, 15) is 0 Å². The van der Waals surface area contributed by atoms with Gasteiger partial charge in [-0.2, -0.15) is 0 Å². The number of likely N-dealkylation sites (tertiary alicyclic amines) is 2. The number of methoxy groups -OCH3 is 1. The highest BCUT2D eigenvalue weighted by molar-refractivity contribution is 5.30. The van der Waals surface area contributed by atoms with Crippen molar-refractivity contribution < 1.29 is 4.74 Å². The second-order valence-corrected chi connectivity index (χ2v) is 7.47. The molecule has 0 aromatic heterocycles. The first-order valence-corrected chi connectivity index (χ1v) is 8.84. The Balaban J connectivity index is 1.52. The smallest absolute Gasteiger partial charge is 0.118 e. The molecule has 2 saturated heterocycles. The van der Waals surface area contributed by atoms with Crippen LogP contribution in [0.5, 0.6) is 5.75 Å². The van der Waals surface area contributed by atoms with E-state index < -0.39 is 0 Å². The van der Waals surface area contributed by atoms with Crippen molar-refractivity contribution in [3.05, 3.63) is 29.8 Å². The van der Waals surface area contributed by atoms with Crippen LogP contribution in [0.2, 0.25) is 0 Å². The van der Waals surface area contributed by atoms with Crippen molar-refractivity contribution in [3.8, 4) is 5.75 Å². The first-order valence-electron chi connectivity index (χ1n) is 8.84. The van der Waals surface area contributed by atoms with Crippen LogP contribution in [-0.4, -0.2) is 49.6 Å². The number of hydrogen-bond acceptors (Lipinski definition) is 3. The summed E-state index contributed by atoms with van der Waals surface area (Å²) < 4.78 is 5.31. The molecule has 120 valence electrons. The van der Waals surface area contributed by atoms with Gasteiger partial charge in [-0.15, -0.1) is 0 Å². The summed E-state index contributed by atoms with van der Waals surface area (Å²) in [6.45, 7) is 3.88. The SMILES string of the molecule is COc1ccc([C@@H]2[C@@H]3CN(C4CCCC4)C[C@@H]3CN2C)cc1. The van der Waals surface area contributed by atoms with E-state index in [0.29, 0.717) is 6.04 Å². The molecule has 1 aromatic rings. The predicted molar refractivity (Wildman–Crippen MR) is 89.2 cm³/mol. The second-order valence-electron chi connectivity index (χ2n) is 7.47. The molecular weight excluding hydrogens is 272 g/mol. The molecule has 1 aliphatic carbocycles. The van der Waals surface area contributed by atoms with Crippen molar-refractivity contribution >= 4 is 0 Å². The topological polar surface area (TPSA) is 15.7 Å². The van der Waals surface area contributed by atoms with Crippen molar-refractivity contribution in [1.29, 1.82) is 0 Å². The summed E-state index contributed by atoms with van der Waals surface area (Å²) >= 11 is 0. The Morgan fingerprint density at radius 3 is 2.41 bits per heavy atom. The fourth-order valence-corrected chi connectivity index (χ4v) is 5.16. The van der Waals surface area contributed by atoms with Gasteiger partial charge in [-0.05, 0) is 49.4 Å². The lowest BCUT2D eigenvalue weighted by atomic mass is 9.89. The Kier molecular flexibility index (Phi) is 3.87. The number of rotatable bonds is 3. The average Bonchev–Trinajstić information content (AvgIpc) is 3.22. The maximum atomic E-state index is 5.31. The largest absolute Gasteiger partial charge is 0.497 e. The number of ether oxygens (including phenoxy) is 1. The van der Waals surface area contributed by atoms with E-state index in [0.717, 1.165) is 23.6 Å². The van der Waals surface area contributed by atoms with Gasteiger partial charge in [0.2, 0.25) is 0 Å². The van der Waals surface area contributed by atoms with Gasteiger partial charge < -0.3 is 4.74 Å². The highest BCUT2D eigenvalue weighted by Gasteiger charge is 2.47. The van der Waals surface area contributed by atoms with Crippen LogP contribution in [-0.2, 0) is 0 Å². The van der Waals surface area contributed by atoms with Gasteiger partial charge in [-0.1, -0.05) is 25.0 Å². The fourth-order valence-electron chi connectivity index (χ4n) is 5.16. The molecule has 3 atom stereocenters. The standard InChI is InChI=1S/C19H28N2O/c1-20-11-15-12-21(16-5-3-4-6-16)13-18(15)19(20)14-7-9-17(22-2)10-8-14/h7-10,15-16,18-19H,3-6,11-13H2,1-2H3/t15-,18+,19+/m0/s1. The maximum Gasteiger partial charge on any atom is 0.118 e. The molecule has 0 amide bonds.